The predicted molar refractivity (Wildman–Crippen MR) is 123 cm³/mol. The second kappa shape index (κ2) is 7.89. The van der Waals surface area contributed by atoms with Crippen molar-refractivity contribution in [1.29, 1.82) is 0 Å². The molecule has 1 aliphatic rings. The Morgan fingerprint density at radius 3 is 2.27 bits per heavy atom. The third-order valence-corrected chi connectivity index (χ3v) is 7.32. The highest BCUT2D eigenvalue weighted by atomic mass is 35.5. The summed E-state index contributed by atoms with van der Waals surface area (Å²) in [4.78, 5) is 29.0. The number of fused-ring (bicyclic) bond motifs is 3. The molecule has 0 N–H and O–H groups in total. The quantitative estimate of drug-likeness (QED) is 0.459. The Kier molecular flexibility index (Phi) is 5.09. The molecule has 2 aromatic carbocycles. The van der Waals surface area contributed by atoms with Crippen LogP contribution < -0.4 is 11.2 Å². The number of rotatable bonds is 4. The van der Waals surface area contributed by atoms with Gasteiger partial charge in [0.1, 0.15) is 4.83 Å². The number of benzene rings is 2. The molecule has 0 unspecified atom stereocenters. The maximum Gasteiger partial charge on any atom is 0.332 e. The van der Waals surface area contributed by atoms with Crippen LogP contribution >= 0.6 is 22.9 Å². The first-order valence-corrected chi connectivity index (χ1v) is 11.4. The van der Waals surface area contributed by atoms with Crippen LogP contribution in [0.1, 0.15) is 34.4 Å². The van der Waals surface area contributed by atoms with Crippen molar-refractivity contribution in [3.05, 3.63) is 102 Å². The van der Waals surface area contributed by atoms with Crippen LogP contribution in [0.25, 0.3) is 10.2 Å². The van der Waals surface area contributed by atoms with E-state index in [9.17, 15) is 9.59 Å². The van der Waals surface area contributed by atoms with Crippen LogP contribution in [0, 0.1) is 0 Å². The summed E-state index contributed by atoms with van der Waals surface area (Å²) in [5.74, 6) is 0. The fourth-order valence-corrected chi connectivity index (χ4v) is 5.73. The Labute approximate surface area is 183 Å². The van der Waals surface area contributed by atoms with Gasteiger partial charge < -0.3 is 0 Å². The van der Waals surface area contributed by atoms with Gasteiger partial charge in [-0.1, -0.05) is 54.1 Å². The largest absolute Gasteiger partial charge is 0.332 e. The third-order valence-electron chi connectivity index (χ3n) is 5.76. The molecule has 2 heterocycles. The SMILES string of the molecule is O=c1c2c3c(sc2n(Cc2ccc(Cl)cc2)c(=O)n1Cc1ccccc1)CCCC3. The molecule has 0 atom stereocenters. The maximum atomic E-state index is 13.5. The number of aryl methyl sites for hydroxylation is 2. The van der Waals surface area contributed by atoms with Crippen molar-refractivity contribution < 1.29 is 0 Å². The van der Waals surface area contributed by atoms with Crippen LogP contribution in [0.5, 0.6) is 0 Å². The van der Waals surface area contributed by atoms with Crippen LogP contribution in [0.15, 0.2) is 64.2 Å². The summed E-state index contributed by atoms with van der Waals surface area (Å²) in [5, 5.41) is 1.40. The zero-order valence-electron chi connectivity index (χ0n) is 16.4. The van der Waals surface area contributed by atoms with Crippen molar-refractivity contribution >= 4 is 33.2 Å². The molecule has 6 heteroatoms. The van der Waals surface area contributed by atoms with Gasteiger partial charge >= 0.3 is 5.69 Å². The van der Waals surface area contributed by atoms with Gasteiger partial charge in [-0.3, -0.25) is 13.9 Å². The van der Waals surface area contributed by atoms with Gasteiger partial charge in [0.2, 0.25) is 0 Å². The fraction of sp³-hybridized carbons (Fsp3) is 0.250. The minimum absolute atomic E-state index is 0.161. The Morgan fingerprint density at radius 1 is 0.833 bits per heavy atom. The summed E-state index contributed by atoms with van der Waals surface area (Å²) in [7, 11) is 0. The second-order valence-corrected chi connectivity index (χ2v) is 9.28. The van der Waals surface area contributed by atoms with Gasteiger partial charge in [-0.05, 0) is 54.5 Å². The highest BCUT2D eigenvalue weighted by Gasteiger charge is 2.23. The normalized spacial score (nSPS) is 13.5. The molecule has 0 saturated carbocycles. The molecule has 2 aromatic heterocycles. The van der Waals surface area contributed by atoms with Gasteiger partial charge in [0, 0.05) is 9.90 Å². The maximum absolute atomic E-state index is 13.5. The van der Waals surface area contributed by atoms with Crippen LogP contribution in [0.4, 0.5) is 0 Å². The van der Waals surface area contributed by atoms with Crippen molar-refractivity contribution in [3.8, 4) is 0 Å². The zero-order chi connectivity index (χ0) is 20.7. The van der Waals surface area contributed by atoms with Gasteiger partial charge in [0.15, 0.2) is 0 Å². The van der Waals surface area contributed by atoms with Gasteiger partial charge in [-0.25, -0.2) is 4.79 Å². The van der Waals surface area contributed by atoms with E-state index in [0.717, 1.165) is 52.6 Å². The molecule has 0 bridgehead atoms. The van der Waals surface area contributed by atoms with E-state index in [1.165, 1.54) is 9.44 Å². The fourth-order valence-electron chi connectivity index (χ4n) is 4.23. The second-order valence-electron chi connectivity index (χ2n) is 7.76. The zero-order valence-corrected chi connectivity index (χ0v) is 18.0. The van der Waals surface area contributed by atoms with Gasteiger partial charge in [0.05, 0.1) is 18.5 Å². The minimum atomic E-state index is -0.259. The summed E-state index contributed by atoms with van der Waals surface area (Å²) < 4.78 is 3.17. The lowest BCUT2D eigenvalue weighted by Crippen LogP contribution is -2.40. The van der Waals surface area contributed by atoms with E-state index in [-0.39, 0.29) is 17.8 Å². The smallest absolute Gasteiger partial charge is 0.280 e. The van der Waals surface area contributed by atoms with E-state index in [4.69, 9.17) is 11.6 Å². The molecule has 0 fully saturated rings. The topological polar surface area (TPSA) is 44.0 Å². The van der Waals surface area contributed by atoms with Crippen LogP contribution in [0.2, 0.25) is 5.02 Å². The lowest BCUT2D eigenvalue weighted by atomic mass is 9.97. The molecule has 30 heavy (non-hydrogen) atoms. The molecule has 4 nitrogen and oxygen atoms in total. The summed E-state index contributed by atoms with van der Waals surface area (Å²) in [6.45, 7) is 0.695. The first-order valence-electron chi connectivity index (χ1n) is 10.2. The molecular weight excluding hydrogens is 416 g/mol. The average Bonchev–Trinajstić information content (AvgIpc) is 3.16. The van der Waals surface area contributed by atoms with E-state index in [2.05, 4.69) is 0 Å². The molecule has 0 saturated heterocycles. The molecule has 4 aromatic rings. The number of hydrogen-bond donors (Lipinski definition) is 0. The Morgan fingerprint density at radius 2 is 1.50 bits per heavy atom. The predicted octanol–water partition coefficient (Wildman–Crippen LogP) is 4.85. The van der Waals surface area contributed by atoms with Gasteiger partial charge in [0.25, 0.3) is 5.56 Å². The number of aromatic nitrogens is 2. The van der Waals surface area contributed by atoms with Gasteiger partial charge in [-0.15, -0.1) is 11.3 Å². The van der Waals surface area contributed by atoms with E-state index >= 15 is 0 Å². The first kappa shape index (κ1) is 19.3. The van der Waals surface area contributed by atoms with Gasteiger partial charge in [-0.2, -0.15) is 0 Å². The highest BCUT2D eigenvalue weighted by molar-refractivity contribution is 7.18. The molecule has 0 radical (unpaired) electrons. The molecule has 0 amide bonds. The summed E-state index contributed by atoms with van der Waals surface area (Å²) >= 11 is 7.65. The molecule has 1 aliphatic carbocycles. The lowest BCUT2D eigenvalue weighted by Gasteiger charge is -2.14. The molecule has 0 spiro atoms. The first-order chi connectivity index (χ1) is 14.6. The monoisotopic (exact) mass is 436 g/mol. The van der Waals surface area contributed by atoms with E-state index in [1.54, 1.807) is 15.9 Å². The minimum Gasteiger partial charge on any atom is -0.280 e. The third kappa shape index (κ3) is 3.42. The molecule has 5 rings (SSSR count). The summed E-state index contributed by atoms with van der Waals surface area (Å²) in [6, 6.07) is 17.2. The van der Waals surface area contributed by atoms with E-state index in [1.807, 2.05) is 54.6 Å². The summed E-state index contributed by atoms with van der Waals surface area (Å²) in [6.07, 6.45) is 4.13. The number of nitrogens with zero attached hydrogens (tertiary/aromatic N) is 2. The van der Waals surface area contributed by atoms with Crippen LogP contribution in [-0.2, 0) is 25.9 Å². The number of halogens is 1. The van der Waals surface area contributed by atoms with E-state index in [0.29, 0.717) is 11.6 Å². The molecular formula is C24H21ClN2O2S. The average molecular weight is 437 g/mol. The van der Waals surface area contributed by atoms with Crippen LogP contribution in [-0.4, -0.2) is 9.13 Å². The summed E-state index contributed by atoms with van der Waals surface area (Å²) in [5.41, 5.74) is 2.66. The molecule has 152 valence electrons. The van der Waals surface area contributed by atoms with Crippen molar-refractivity contribution in [1.82, 2.24) is 9.13 Å². The Hall–Kier alpha value is -2.63. The van der Waals surface area contributed by atoms with Crippen molar-refractivity contribution in [2.24, 2.45) is 0 Å². The van der Waals surface area contributed by atoms with E-state index < -0.39 is 0 Å². The number of hydrogen-bond acceptors (Lipinski definition) is 3. The Balaban J connectivity index is 1.74. The highest BCUT2D eigenvalue weighted by Crippen LogP contribution is 2.34. The van der Waals surface area contributed by atoms with Crippen molar-refractivity contribution in [2.75, 3.05) is 0 Å². The Bertz CT molecular complexity index is 1330. The standard InChI is InChI=1S/C24H21ClN2O2S/c25-18-12-10-17(11-13-18)15-27-23-21(19-8-4-5-9-20(19)30-23)22(28)26(24(27)29)14-16-6-2-1-3-7-16/h1-3,6-7,10-13H,4-5,8-9,14-15H2. The molecule has 0 aliphatic heterocycles. The van der Waals surface area contributed by atoms with Crippen LogP contribution in [0.3, 0.4) is 0 Å². The van der Waals surface area contributed by atoms with Crippen molar-refractivity contribution in [3.63, 3.8) is 0 Å². The van der Waals surface area contributed by atoms with Crippen molar-refractivity contribution in [2.45, 2.75) is 38.8 Å². The number of thiophene rings is 1. The lowest BCUT2D eigenvalue weighted by molar-refractivity contribution is 0.636.